The number of rotatable bonds is 3. The van der Waals surface area contributed by atoms with Gasteiger partial charge in [0.05, 0.1) is 0 Å². The van der Waals surface area contributed by atoms with E-state index in [2.05, 4.69) is 36.2 Å². The van der Waals surface area contributed by atoms with E-state index in [-0.39, 0.29) is 0 Å². The van der Waals surface area contributed by atoms with Crippen molar-refractivity contribution in [1.29, 1.82) is 0 Å². The second-order valence-corrected chi connectivity index (χ2v) is 7.08. The summed E-state index contributed by atoms with van der Waals surface area (Å²) in [5.74, 6) is 0. The summed E-state index contributed by atoms with van der Waals surface area (Å²) < 4.78 is 0. The minimum absolute atomic E-state index is 0.291. The van der Waals surface area contributed by atoms with Gasteiger partial charge in [-0.05, 0) is 56.8 Å². The van der Waals surface area contributed by atoms with Crippen LogP contribution in [0.5, 0.6) is 0 Å². The molecule has 110 valence electrons. The van der Waals surface area contributed by atoms with Gasteiger partial charge < -0.3 is 0 Å². The normalized spacial score (nSPS) is 23.4. The van der Waals surface area contributed by atoms with Gasteiger partial charge in [0, 0.05) is 16.6 Å². The highest BCUT2D eigenvalue weighted by Crippen LogP contribution is 2.48. The molecule has 0 aromatic heterocycles. The van der Waals surface area contributed by atoms with E-state index in [0.29, 0.717) is 5.54 Å². The lowest BCUT2D eigenvalue weighted by atomic mass is 9.70. The van der Waals surface area contributed by atoms with Gasteiger partial charge in [0.15, 0.2) is 0 Å². The molecule has 20 heavy (non-hydrogen) atoms. The van der Waals surface area contributed by atoms with Crippen molar-refractivity contribution in [2.24, 2.45) is 0 Å². The maximum Gasteiger partial charge on any atom is 0.0460 e. The third kappa shape index (κ3) is 2.63. The smallest absolute Gasteiger partial charge is 0.0460 e. The fourth-order valence-corrected chi connectivity index (χ4v) is 4.24. The van der Waals surface area contributed by atoms with Gasteiger partial charge in [0.25, 0.3) is 0 Å². The van der Waals surface area contributed by atoms with Gasteiger partial charge in [-0.25, -0.2) is 0 Å². The summed E-state index contributed by atoms with van der Waals surface area (Å²) in [6.45, 7) is 0. The van der Waals surface area contributed by atoms with Crippen molar-refractivity contribution in [3.63, 3.8) is 0 Å². The van der Waals surface area contributed by atoms with Crippen molar-refractivity contribution in [2.75, 3.05) is 7.05 Å². The van der Waals surface area contributed by atoms with E-state index in [9.17, 15) is 0 Å². The topological polar surface area (TPSA) is 3.24 Å². The third-order valence-corrected chi connectivity index (χ3v) is 5.86. The minimum Gasteiger partial charge on any atom is -0.294 e. The molecule has 2 saturated carbocycles. The van der Waals surface area contributed by atoms with Gasteiger partial charge in [-0.3, -0.25) is 4.90 Å². The van der Waals surface area contributed by atoms with Crippen molar-refractivity contribution < 1.29 is 0 Å². The van der Waals surface area contributed by atoms with Crippen LogP contribution in [0.2, 0.25) is 5.02 Å². The lowest BCUT2D eigenvalue weighted by Gasteiger charge is -2.52. The first-order chi connectivity index (χ1) is 9.72. The Bertz CT molecular complexity index is 427. The third-order valence-electron chi connectivity index (χ3n) is 5.61. The Kier molecular flexibility index (Phi) is 4.37. The molecule has 0 N–H and O–H groups in total. The monoisotopic (exact) mass is 291 g/mol. The maximum absolute atomic E-state index is 6.06. The van der Waals surface area contributed by atoms with Gasteiger partial charge in [0.1, 0.15) is 0 Å². The Morgan fingerprint density at radius 3 is 2.05 bits per heavy atom. The Balaban J connectivity index is 1.82. The van der Waals surface area contributed by atoms with Crippen LogP contribution < -0.4 is 0 Å². The molecule has 2 fully saturated rings. The van der Waals surface area contributed by atoms with Crippen molar-refractivity contribution in [3.8, 4) is 0 Å². The molecule has 0 bridgehead atoms. The Labute approximate surface area is 128 Å². The fourth-order valence-electron chi connectivity index (χ4n) is 4.11. The van der Waals surface area contributed by atoms with E-state index in [1.165, 1.54) is 63.4 Å². The Morgan fingerprint density at radius 1 is 0.950 bits per heavy atom. The first-order valence-electron chi connectivity index (χ1n) is 8.21. The van der Waals surface area contributed by atoms with E-state index in [1.54, 1.807) is 0 Å². The molecule has 1 aromatic carbocycles. The second kappa shape index (κ2) is 6.07. The quantitative estimate of drug-likeness (QED) is 0.676. The van der Waals surface area contributed by atoms with Crippen LogP contribution in [-0.2, 0) is 5.54 Å². The zero-order chi connectivity index (χ0) is 14.0. The van der Waals surface area contributed by atoms with Crippen LogP contribution in [0.15, 0.2) is 24.3 Å². The highest BCUT2D eigenvalue weighted by atomic mass is 35.5. The molecule has 2 aliphatic carbocycles. The molecule has 0 amide bonds. The molecule has 1 aromatic rings. The standard InChI is InChI=1S/C18H26ClN/c1-20(17-7-4-2-3-5-8-17)18(13-6-14-18)15-9-11-16(19)12-10-15/h9-12,17H,2-8,13-14H2,1H3. The molecular weight excluding hydrogens is 266 g/mol. The highest BCUT2D eigenvalue weighted by Gasteiger charge is 2.44. The number of halogens is 1. The van der Waals surface area contributed by atoms with Crippen LogP contribution in [-0.4, -0.2) is 18.0 Å². The molecule has 0 atom stereocenters. The fraction of sp³-hybridized carbons (Fsp3) is 0.667. The van der Waals surface area contributed by atoms with E-state index in [0.717, 1.165) is 11.1 Å². The van der Waals surface area contributed by atoms with Crippen molar-refractivity contribution in [3.05, 3.63) is 34.9 Å². The van der Waals surface area contributed by atoms with Crippen LogP contribution in [0.1, 0.15) is 63.4 Å². The average molecular weight is 292 g/mol. The lowest BCUT2D eigenvalue weighted by molar-refractivity contribution is -0.00493. The summed E-state index contributed by atoms with van der Waals surface area (Å²) in [7, 11) is 2.36. The first-order valence-corrected chi connectivity index (χ1v) is 8.59. The van der Waals surface area contributed by atoms with Gasteiger partial charge in [-0.2, -0.15) is 0 Å². The SMILES string of the molecule is CN(C1CCCCCC1)C1(c2ccc(Cl)cc2)CCC1. The van der Waals surface area contributed by atoms with Gasteiger partial charge in [-0.15, -0.1) is 0 Å². The van der Waals surface area contributed by atoms with Crippen LogP contribution >= 0.6 is 11.6 Å². The molecule has 0 aliphatic heterocycles. The second-order valence-electron chi connectivity index (χ2n) is 6.65. The molecule has 0 spiro atoms. The molecule has 0 unspecified atom stereocenters. The Morgan fingerprint density at radius 2 is 1.55 bits per heavy atom. The summed E-state index contributed by atoms with van der Waals surface area (Å²) in [6.07, 6.45) is 12.4. The van der Waals surface area contributed by atoms with Crippen molar-refractivity contribution in [1.82, 2.24) is 4.90 Å². The van der Waals surface area contributed by atoms with E-state index in [4.69, 9.17) is 11.6 Å². The highest BCUT2D eigenvalue weighted by molar-refractivity contribution is 6.30. The summed E-state index contributed by atoms with van der Waals surface area (Å²) in [5.41, 5.74) is 1.76. The predicted octanol–water partition coefficient (Wildman–Crippen LogP) is 5.37. The zero-order valence-corrected chi connectivity index (χ0v) is 13.3. The number of hydrogen-bond donors (Lipinski definition) is 0. The van der Waals surface area contributed by atoms with Crippen molar-refractivity contribution >= 4 is 11.6 Å². The minimum atomic E-state index is 0.291. The van der Waals surface area contributed by atoms with E-state index >= 15 is 0 Å². The summed E-state index contributed by atoms with van der Waals surface area (Å²) in [4.78, 5) is 2.71. The molecule has 0 saturated heterocycles. The van der Waals surface area contributed by atoms with Crippen LogP contribution in [0.4, 0.5) is 0 Å². The maximum atomic E-state index is 6.06. The molecule has 2 heteroatoms. The largest absolute Gasteiger partial charge is 0.294 e. The number of benzene rings is 1. The predicted molar refractivity (Wildman–Crippen MR) is 86.2 cm³/mol. The van der Waals surface area contributed by atoms with E-state index in [1.807, 2.05) is 0 Å². The molecule has 3 rings (SSSR count). The van der Waals surface area contributed by atoms with Crippen LogP contribution in [0.3, 0.4) is 0 Å². The lowest BCUT2D eigenvalue weighted by Crippen LogP contribution is -2.53. The zero-order valence-electron chi connectivity index (χ0n) is 12.6. The number of hydrogen-bond acceptors (Lipinski definition) is 1. The van der Waals surface area contributed by atoms with Gasteiger partial charge in [-0.1, -0.05) is 49.4 Å². The summed E-state index contributed by atoms with van der Waals surface area (Å²) in [5, 5.41) is 0.848. The molecule has 0 radical (unpaired) electrons. The summed E-state index contributed by atoms with van der Waals surface area (Å²) in [6, 6.07) is 9.37. The van der Waals surface area contributed by atoms with Gasteiger partial charge in [0.2, 0.25) is 0 Å². The number of nitrogens with zero attached hydrogens (tertiary/aromatic N) is 1. The van der Waals surface area contributed by atoms with E-state index < -0.39 is 0 Å². The molecular formula is C18H26ClN. The molecule has 1 nitrogen and oxygen atoms in total. The van der Waals surface area contributed by atoms with Crippen LogP contribution in [0, 0.1) is 0 Å². The molecule has 2 aliphatic rings. The average Bonchev–Trinajstić information content (AvgIpc) is 2.68. The van der Waals surface area contributed by atoms with Crippen molar-refractivity contribution in [2.45, 2.75) is 69.4 Å². The summed E-state index contributed by atoms with van der Waals surface area (Å²) >= 11 is 6.06. The first kappa shape index (κ1) is 14.4. The Hall–Kier alpha value is -0.530. The van der Waals surface area contributed by atoms with Crippen LogP contribution in [0.25, 0.3) is 0 Å². The van der Waals surface area contributed by atoms with Gasteiger partial charge >= 0.3 is 0 Å². The molecule has 0 heterocycles.